The van der Waals surface area contributed by atoms with E-state index in [1.165, 1.54) is 166 Å². The predicted octanol–water partition coefficient (Wildman–Crippen LogP) is 33.6. The molecule has 30 aromatic rings. The van der Waals surface area contributed by atoms with Gasteiger partial charge in [-0.25, -0.2) is 0 Å². The molecule has 0 saturated heterocycles. The van der Waals surface area contributed by atoms with Crippen LogP contribution in [0.15, 0.2) is 479 Å². The zero-order valence-electron chi connectivity index (χ0n) is 77.9. The number of nitrogens with zero attached hydrogens (tertiary/aromatic N) is 9. The molecule has 9 nitrogen and oxygen atoms in total. The van der Waals surface area contributed by atoms with Crippen LogP contribution in [0.2, 0.25) is 0 Å². The summed E-state index contributed by atoms with van der Waals surface area (Å²) in [6, 6.07) is 171. The van der Waals surface area contributed by atoms with Crippen LogP contribution in [-0.4, -0.2) is 88.4 Å². The fourth-order valence-electron chi connectivity index (χ4n) is 21.1. The van der Waals surface area contributed by atoms with Crippen molar-refractivity contribution in [3.63, 3.8) is 0 Å². The third kappa shape index (κ3) is 15.5. The van der Waals surface area contributed by atoms with Crippen LogP contribution in [0.25, 0.3) is 290 Å². The van der Waals surface area contributed by atoms with E-state index < -0.39 is 0 Å². The Kier molecular flexibility index (Phi) is 21.2. The van der Waals surface area contributed by atoms with Crippen LogP contribution < -0.4 is 0 Å². The molecular formula is C133H79N9Se3. The van der Waals surface area contributed by atoms with Gasteiger partial charge in [-0.1, -0.05) is 60.7 Å². The van der Waals surface area contributed by atoms with Crippen LogP contribution >= 0.6 is 0 Å². The van der Waals surface area contributed by atoms with Crippen LogP contribution in [0.5, 0.6) is 0 Å². The summed E-state index contributed by atoms with van der Waals surface area (Å²) in [5.41, 5.74) is 13.7. The monoisotopic (exact) mass is 2040 g/mol. The molecule has 24 aromatic carbocycles. The Labute approximate surface area is 850 Å². The van der Waals surface area contributed by atoms with E-state index in [0.29, 0.717) is 52.4 Å². The second-order valence-corrected chi connectivity index (χ2v) is 43.5. The minimum atomic E-state index is 0.160. The standard InChI is InChI=1S/2C45H27N3Se.C43H25N3Se/c1-2-10-28(11-3-1)31-13-8-14-32(26-31)43-46-44(48-45(47-43)39-18-9-17-38-37-16-6-7-19-41(37)49-42(38)39)33-21-20-30-23-24-35-34-15-5-4-12-29(34)22-25-36(35)40(30)27-33;1-2-9-28(10-3-1)29-17-20-32(21-18-29)43-46-44(48-45(47-43)39-15-8-14-38-37-13-6-7-16-41(37)49-42(38)39)33-22-19-31-24-25-35-34-12-5-4-11-30(34)23-26-36(35)40(31)27-33;1-2-10-29-24-30(18-16-26(29)8-1)41-44-42(46-43(45-41)37-14-7-13-36-35-12-5-6-15-39(35)47-40(36)37)31-19-17-28-21-22-33-32-11-4-3-9-27(32)20-23-34(33)38(28)25-31/h2*1-27H;1-25H. The van der Waals surface area contributed by atoms with Gasteiger partial charge in [-0.05, 0) is 0 Å². The minimum absolute atomic E-state index is 0.160. The van der Waals surface area contributed by atoms with Gasteiger partial charge >= 0.3 is 797 Å². The summed E-state index contributed by atoms with van der Waals surface area (Å²) < 4.78 is 8.19. The van der Waals surface area contributed by atoms with E-state index in [4.69, 9.17) is 44.9 Å². The molecule has 12 heteroatoms. The van der Waals surface area contributed by atoms with Crippen molar-refractivity contribution in [2.24, 2.45) is 0 Å². The van der Waals surface area contributed by atoms with Crippen LogP contribution in [0.3, 0.4) is 0 Å². The molecule has 0 radical (unpaired) electrons. The van der Waals surface area contributed by atoms with Gasteiger partial charge in [-0.2, -0.15) is 0 Å². The van der Waals surface area contributed by atoms with Crippen molar-refractivity contribution >= 4 is 209 Å². The molecule has 0 atom stereocenters. The van der Waals surface area contributed by atoms with Crippen molar-refractivity contribution in [1.82, 2.24) is 44.9 Å². The van der Waals surface area contributed by atoms with E-state index in [2.05, 4.69) is 467 Å². The van der Waals surface area contributed by atoms with Gasteiger partial charge in [0.2, 0.25) is 0 Å². The molecule has 145 heavy (non-hydrogen) atoms. The number of hydrogen-bond donors (Lipinski definition) is 0. The Morgan fingerprint density at radius 3 is 0.717 bits per heavy atom. The average molecular weight is 2040 g/mol. The number of fused-ring (bicyclic) bond motifs is 25. The summed E-state index contributed by atoms with van der Waals surface area (Å²) in [5, 5.41) is 32.3. The van der Waals surface area contributed by atoms with Crippen molar-refractivity contribution in [1.29, 1.82) is 0 Å². The van der Waals surface area contributed by atoms with Crippen LogP contribution in [-0.2, 0) is 0 Å². The molecule has 0 unspecified atom stereocenters. The van der Waals surface area contributed by atoms with Gasteiger partial charge in [0.25, 0.3) is 0 Å². The molecule has 0 aliphatic carbocycles. The van der Waals surface area contributed by atoms with E-state index in [0.717, 1.165) is 72.1 Å². The molecule has 30 rings (SSSR count). The van der Waals surface area contributed by atoms with Gasteiger partial charge in [-0.3, -0.25) is 0 Å². The summed E-state index contributed by atoms with van der Waals surface area (Å²) in [6.45, 7) is 0. The predicted molar refractivity (Wildman–Crippen MR) is 610 cm³/mol. The Balaban J connectivity index is 0.000000106. The maximum atomic E-state index is 5.24. The third-order valence-electron chi connectivity index (χ3n) is 28.3. The first-order valence-electron chi connectivity index (χ1n) is 48.7. The fourth-order valence-corrected chi connectivity index (χ4v) is 28.8. The van der Waals surface area contributed by atoms with Gasteiger partial charge < -0.3 is 0 Å². The topological polar surface area (TPSA) is 116 Å². The Bertz CT molecular complexity index is 10500. The zero-order valence-corrected chi connectivity index (χ0v) is 83.0. The van der Waals surface area contributed by atoms with E-state index in [-0.39, 0.29) is 43.5 Å². The first kappa shape index (κ1) is 85.4. The van der Waals surface area contributed by atoms with Gasteiger partial charge in [0.1, 0.15) is 0 Å². The van der Waals surface area contributed by atoms with Crippen LogP contribution in [0.1, 0.15) is 0 Å². The second-order valence-electron chi connectivity index (χ2n) is 36.9. The van der Waals surface area contributed by atoms with E-state index in [9.17, 15) is 0 Å². The van der Waals surface area contributed by atoms with E-state index in [1.54, 1.807) is 0 Å². The summed E-state index contributed by atoms with van der Waals surface area (Å²) in [4.78, 5) is 46.8. The Hall–Kier alpha value is -17.5. The Morgan fingerprint density at radius 1 is 0.110 bits per heavy atom. The molecule has 0 bridgehead atoms. The van der Waals surface area contributed by atoms with Crippen molar-refractivity contribution in [2.45, 2.75) is 0 Å². The molecular weight excluding hydrogens is 1960 g/mol. The molecule has 674 valence electrons. The molecule has 0 aliphatic heterocycles. The average Bonchev–Trinajstić information content (AvgIpc) is 1.39. The summed E-state index contributed by atoms with van der Waals surface area (Å²) in [5.74, 6) is 6.18. The maximum absolute atomic E-state index is 5.24. The molecule has 6 heterocycles. The van der Waals surface area contributed by atoms with Crippen molar-refractivity contribution in [2.75, 3.05) is 0 Å². The Morgan fingerprint density at radius 2 is 0.338 bits per heavy atom. The molecule has 0 spiro atoms. The SMILES string of the molecule is c1ccc(-c2ccc(-c3nc(-c4ccc5ccc6c7ccccc7ccc6c5c4)nc(-c4cccc5c4[se]c4ccccc45)n3)cc2)cc1.c1ccc(-c2cccc(-c3nc(-c4ccc5ccc6c7ccccc7ccc6c5c4)nc(-c4cccc5c4[se]c4ccccc45)n3)c2)cc1.c1ccc2cc(-c3nc(-c4ccc5ccc6c7ccccc7ccc6c5c4)nc(-c4cccc5c4[se]c4ccccc45)n3)ccc2c1. The van der Waals surface area contributed by atoms with Crippen molar-refractivity contribution in [3.05, 3.63) is 479 Å². The summed E-state index contributed by atoms with van der Waals surface area (Å²) >= 11 is 0.494. The molecule has 0 aliphatic rings. The molecule has 0 saturated carbocycles. The van der Waals surface area contributed by atoms with Gasteiger partial charge in [-0.15, -0.1) is 0 Å². The normalized spacial score (nSPS) is 11.7. The molecule has 0 N–H and O–H groups in total. The van der Waals surface area contributed by atoms with E-state index >= 15 is 0 Å². The third-order valence-corrected chi connectivity index (χ3v) is 36.0. The number of rotatable bonds is 11. The first-order valence-corrected chi connectivity index (χ1v) is 53.8. The van der Waals surface area contributed by atoms with Gasteiger partial charge in [0.15, 0.2) is 0 Å². The number of benzene rings is 24. The van der Waals surface area contributed by atoms with E-state index in [1.807, 2.05) is 12.1 Å². The first-order chi connectivity index (χ1) is 71.8. The van der Waals surface area contributed by atoms with Crippen LogP contribution in [0, 0.1) is 0 Å². The second kappa shape index (κ2) is 35.9. The molecule has 0 fully saturated rings. The fraction of sp³-hybridized carbons (Fsp3) is 0. The summed E-state index contributed by atoms with van der Waals surface area (Å²) in [7, 11) is 0. The van der Waals surface area contributed by atoms with Crippen molar-refractivity contribution in [3.8, 4) is 125 Å². The quantitative estimate of drug-likeness (QED) is 0.0922. The molecule has 0 amide bonds. The van der Waals surface area contributed by atoms with Crippen LogP contribution in [0.4, 0.5) is 0 Å². The number of aromatic nitrogens is 9. The van der Waals surface area contributed by atoms with Gasteiger partial charge in [0, 0.05) is 0 Å². The van der Waals surface area contributed by atoms with Gasteiger partial charge in [0.05, 0.1) is 0 Å². The summed E-state index contributed by atoms with van der Waals surface area (Å²) in [6.07, 6.45) is 0. The van der Waals surface area contributed by atoms with Crippen molar-refractivity contribution < 1.29 is 0 Å². The zero-order chi connectivity index (χ0) is 95.5. The molecule has 6 aromatic heterocycles. The number of hydrogen-bond acceptors (Lipinski definition) is 9.